The van der Waals surface area contributed by atoms with Crippen LogP contribution in [0.15, 0.2) is 0 Å². The van der Waals surface area contributed by atoms with Crippen LogP contribution in [-0.2, 0) is 23.7 Å². The Bertz CT molecular complexity index is 389. The van der Waals surface area contributed by atoms with Crippen molar-refractivity contribution < 1.29 is 23.7 Å². The molecule has 5 heteroatoms. The summed E-state index contributed by atoms with van der Waals surface area (Å²) in [4.78, 5) is 11.8. The highest BCUT2D eigenvalue weighted by Crippen LogP contribution is 2.12. The van der Waals surface area contributed by atoms with E-state index in [0.717, 1.165) is 25.9 Å². The van der Waals surface area contributed by atoms with Crippen LogP contribution in [0.4, 0.5) is 0 Å². The predicted molar refractivity (Wildman–Crippen MR) is 142 cm³/mol. The second-order valence-electron chi connectivity index (χ2n) is 9.46. The van der Waals surface area contributed by atoms with Crippen LogP contribution >= 0.6 is 0 Å². The van der Waals surface area contributed by atoms with Crippen LogP contribution in [-0.4, -0.2) is 52.2 Å². The highest BCUT2D eigenvalue weighted by molar-refractivity contribution is 5.69. The Kier molecular flexibility index (Phi) is 29.8. The van der Waals surface area contributed by atoms with Gasteiger partial charge in [-0.2, -0.15) is 0 Å². The van der Waals surface area contributed by atoms with E-state index in [1.807, 2.05) is 0 Å². The first kappa shape index (κ1) is 33.4. The first-order valence-electron chi connectivity index (χ1n) is 14.7. The summed E-state index contributed by atoms with van der Waals surface area (Å²) in [5.41, 5.74) is 0. The number of carbonyl (C=O) groups excluding carboxylic acids is 1. The van der Waals surface area contributed by atoms with Gasteiger partial charge in [0.15, 0.2) is 0 Å². The summed E-state index contributed by atoms with van der Waals surface area (Å²) in [7, 11) is 0. The van der Waals surface area contributed by atoms with Crippen molar-refractivity contribution in [2.75, 3.05) is 46.2 Å². The van der Waals surface area contributed by atoms with E-state index in [4.69, 9.17) is 18.9 Å². The molecule has 0 fully saturated rings. The van der Waals surface area contributed by atoms with Gasteiger partial charge in [-0.15, -0.1) is 0 Å². The van der Waals surface area contributed by atoms with Crippen LogP contribution in [0, 0.1) is 0 Å². The molecule has 0 rings (SSSR count). The molecule has 0 N–H and O–H groups in total. The summed E-state index contributed by atoms with van der Waals surface area (Å²) >= 11 is 0. The van der Waals surface area contributed by atoms with Crippen LogP contribution < -0.4 is 0 Å². The van der Waals surface area contributed by atoms with Crippen LogP contribution in [0.2, 0.25) is 0 Å². The van der Waals surface area contributed by atoms with E-state index in [-0.39, 0.29) is 5.97 Å². The molecule has 0 aliphatic carbocycles. The lowest BCUT2D eigenvalue weighted by molar-refractivity contribution is -0.144. The van der Waals surface area contributed by atoms with Gasteiger partial charge in [0.1, 0.15) is 0 Å². The molecule has 0 aliphatic rings. The summed E-state index contributed by atoms with van der Waals surface area (Å²) in [6.45, 7) is 8.87. The monoisotopic (exact) mass is 486 g/mol. The van der Waals surface area contributed by atoms with Crippen molar-refractivity contribution in [3.05, 3.63) is 0 Å². The van der Waals surface area contributed by atoms with E-state index in [1.165, 1.54) is 89.9 Å². The molecular formula is C29H58O5. The van der Waals surface area contributed by atoms with E-state index in [0.29, 0.717) is 52.5 Å². The van der Waals surface area contributed by atoms with Crippen LogP contribution in [0.1, 0.15) is 136 Å². The zero-order valence-corrected chi connectivity index (χ0v) is 22.9. The maximum Gasteiger partial charge on any atom is 0.305 e. The predicted octanol–water partition coefficient (Wildman–Crippen LogP) is 8.03. The molecule has 0 aromatic heterocycles. The molecule has 5 nitrogen and oxygen atoms in total. The van der Waals surface area contributed by atoms with Gasteiger partial charge in [-0.05, 0) is 19.3 Å². The van der Waals surface area contributed by atoms with Crippen LogP contribution in [0.25, 0.3) is 0 Å². The summed E-state index contributed by atoms with van der Waals surface area (Å²) in [5, 5.41) is 0. The summed E-state index contributed by atoms with van der Waals surface area (Å²) in [5.74, 6) is -0.102. The van der Waals surface area contributed by atoms with Crippen molar-refractivity contribution in [2.24, 2.45) is 0 Å². The largest absolute Gasteiger partial charge is 0.466 e. The Hall–Kier alpha value is -0.650. The Morgan fingerprint density at radius 3 is 1.24 bits per heavy atom. The number of carbonyl (C=O) groups is 1. The Labute approximate surface area is 212 Å². The van der Waals surface area contributed by atoms with Gasteiger partial charge in [0.2, 0.25) is 0 Å². The average molecular weight is 487 g/mol. The van der Waals surface area contributed by atoms with Gasteiger partial charge in [-0.3, -0.25) is 4.79 Å². The van der Waals surface area contributed by atoms with Crippen molar-refractivity contribution in [3.8, 4) is 0 Å². The SMILES string of the molecule is CCCCCCCCCCCCCCOC(=O)CCCOCCOCCOCCCCCCC. The fraction of sp³-hybridized carbons (Fsp3) is 0.966. The molecule has 0 atom stereocenters. The zero-order valence-electron chi connectivity index (χ0n) is 22.9. The van der Waals surface area contributed by atoms with Crippen molar-refractivity contribution in [2.45, 2.75) is 136 Å². The van der Waals surface area contributed by atoms with Crippen LogP contribution in [0.3, 0.4) is 0 Å². The molecule has 0 aromatic rings. The number of hydrogen-bond acceptors (Lipinski definition) is 5. The zero-order chi connectivity index (χ0) is 24.8. The normalized spacial score (nSPS) is 11.2. The minimum Gasteiger partial charge on any atom is -0.466 e. The Balaban J connectivity index is 3.14. The number of unbranched alkanes of at least 4 members (excludes halogenated alkanes) is 15. The molecular weight excluding hydrogens is 428 g/mol. The highest BCUT2D eigenvalue weighted by Gasteiger charge is 2.02. The lowest BCUT2D eigenvalue weighted by Gasteiger charge is -2.07. The molecule has 204 valence electrons. The van der Waals surface area contributed by atoms with Gasteiger partial charge in [0, 0.05) is 19.6 Å². The topological polar surface area (TPSA) is 54.0 Å². The van der Waals surface area contributed by atoms with E-state index in [9.17, 15) is 4.79 Å². The minimum atomic E-state index is -0.102. The number of rotatable bonds is 29. The fourth-order valence-corrected chi connectivity index (χ4v) is 3.87. The summed E-state index contributed by atoms with van der Waals surface area (Å²) in [6, 6.07) is 0. The maximum atomic E-state index is 11.8. The van der Waals surface area contributed by atoms with E-state index >= 15 is 0 Å². The molecule has 0 bridgehead atoms. The third-order valence-corrected chi connectivity index (χ3v) is 6.07. The van der Waals surface area contributed by atoms with E-state index in [1.54, 1.807) is 0 Å². The average Bonchev–Trinajstić information content (AvgIpc) is 2.84. The van der Waals surface area contributed by atoms with Gasteiger partial charge >= 0.3 is 5.97 Å². The number of esters is 1. The first-order valence-corrected chi connectivity index (χ1v) is 14.7. The molecule has 0 heterocycles. The molecule has 0 aliphatic heterocycles. The lowest BCUT2D eigenvalue weighted by atomic mass is 10.1. The van der Waals surface area contributed by atoms with Crippen molar-refractivity contribution in [1.29, 1.82) is 0 Å². The number of hydrogen-bond donors (Lipinski definition) is 0. The standard InChI is InChI=1S/C29H58O5/c1-3-5-7-9-10-11-12-13-14-15-17-19-24-34-29(30)21-20-23-32-26-28-33-27-25-31-22-18-16-8-6-4-2/h3-28H2,1-2H3. The first-order chi connectivity index (χ1) is 16.8. The minimum absolute atomic E-state index is 0.102. The smallest absolute Gasteiger partial charge is 0.305 e. The fourth-order valence-electron chi connectivity index (χ4n) is 3.87. The summed E-state index contributed by atoms with van der Waals surface area (Å²) < 4.78 is 21.9. The molecule has 0 spiro atoms. The lowest BCUT2D eigenvalue weighted by Crippen LogP contribution is -2.11. The van der Waals surface area contributed by atoms with Crippen molar-refractivity contribution in [3.63, 3.8) is 0 Å². The molecule has 0 amide bonds. The quantitative estimate of drug-likeness (QED) is 0.0791. The van der Waals surface area contributed by atoms with E-state index < -0.39 is 0 Å². The van der Waals surface area contributed by atoms with Crippen molar-refractivity contribution >= 4 is 5.97 Å². The number of ether oxygens (including phenoxy) is 4. The van der Waals surface area contributed by atoms with Gasteiger partial charge in [-0.1, -0.05) is 110 Å². The third-order valence-electron chi connectivity index (χ3n) is 6.07. The Morgan fingerprint density at radius 2 is 0.765 bits per heavy atom. The van der Waals surface area contributed by atoms with Crippen LogP contribution in [0.5, 0.6) is 0 Å². The molecule has 0 saturated carbocycles. The molecule has 0 saturated heterocycles. The van der Waals surface area contributed by atoms with Gasteiger partial charge < -0.3 is 18.9 Å². The highest BCUT2D eigenvalue weighted by atomic mass is 16.5. The van der Waals surface area contributed by atoms with Gasteiger partial charge in [0.25, 0.3) is 0 Å². The molecule has 0 aromatic carbocycles. The molecule has 0 radical (unpaired) electrons. The second-order valence-corrected chi connectivity index (χ2v) is 9.46. The van der Waals surface area contributed by atoms with E-state index in [2.05, 4.69) is 13.8 Å². The summed E-state index contributed by atoms with van der Waals surface area (Å²) in [6.07, 6.45) is 23.3. The van der Waals surface area contributed by atoms with Gasteiger partial charge in [-0.25, -0.2) is 0 Å². The Morgan fingerprint density at radius 1 is 0.412 bits per heavy atom. The molecule has 0 unspecified atom stereocenters. The van der Waals surface area contributed by atoms with Gasteiger partial charge in [0.05, 0.1) is 33.0 Å². The molecule has 34 heavy (non-hydrogen) atoms. The van der Waals surface area contributed by atoms with Crippen molar-refractivity contribution in [1.82, 2.24) is 0 Å². The third kappa shape index (κ3) is 29.4. The second kappa shape index (κ2) is 30.4. The maximum absolute atomic E-state index is 11.8.